The first-order chi connectivity index (χ1) is 5.79. The summed E-state index contributed by atoms with van der Waals surface area (Å²) >= 11 is 0. The van der Waals surface area contributed by atoms with Crippen molar-refractivity contribution in [3.05, 3.63) is 35.9 Å². The quantitative estimate of drug-likeness (QED) is 0.649. The summed E-state index contributed by atoms with van der Waals surface area (Å²) in [5.41, 5.74) is 1.50. The van der Waals surface area contributed by atoms with Gasteiger partial charge in [-0.15, -0.1) is 0 Å². The van der Waals surface area contributed by atoms with Gasteiger partial charge in [-0.3, -0.25) is 0 Å². The van der Waals surface area contributed by atoms with Crippen molar-refractivity contribution in [3.63, 3.8) is 0 Å². The van der Waals surface area contributed by atoms with Gasteiger partial charge in [0.2, 0.25) is 0 Å². The maximum absolute atomic E-state index is 5.52. The first-order valence-corrected chi connectivity index (χ1v) is 4.46. The third-order valence-electron chi connectivity index (χ3n) is 2.50. The van der Waals surface area contributed by atoms with Gasteiger partial charge in [-0.1, -0.05) is 30.3 Å². The summed E-state index contributed by atoms with van der Waals surface area (Å²) in [5.74, 6) is 0. The lowest BCUT2D eigenvalue weighted by Crippen LogP contribution is -2.42. The molecule has 1 atom stereocenters. The normalized spacial score (nSPS) is 28.1. The lowest BCUT2D eigenvalue weighted by molar-refractivity contribution is -0.132. The van der Waals surface area contributed by atoms with E-state index >= 15 is 0 Å². The van der Waals surface area contributed by atoms with Crippen LogP contribution in [0.25, 0.3) is 0 Å². The summed E-state index contributed by atoms with van der Waals surface area (Å²) in [6.45, 7) is 3.12. The van der Waals surface area contributed by atoms with Crippen LogP contribution in [0.2, 0.25) is 0 Å². The summed E-state index contributed by atoms with van der Waals surface area (Å²) in [6, 6.07) is 10.5. The fourth-order valence-corrected chi connectivity index (χ4v) is 1.62. The molecule has 1 heteroatoms. The van der Waals surface area contributed by atoms with Crippen molar-refractivity contribution in [3.8, 4) is 0 Å². The summed E-state index contributed by atoms with van der Waals surface area (Å²) in [7, 11) is 0. The Hall–Kier alpha value is -0.820. The molecule has 0 spiro atoms. The topological polar surface area (TPSA) is 9.23 Å². The number of ether oxygens (including phenoxy) is 1. The summed E-state index contributed by atoms with van der Waals surface area (Å²) in [5, 5.41) is 0. The molecule has 12 heavy (non-hydrogen) atoms. The van der Waals surface area contributed by atoms with E-state index < -0.39 is 0 Å². The van der Waals surface area contributed by atoms with Crippen LogP contribution < -0.4 is 0 Å². The van der Waals surface area contributed by atoms with E-state index in [2.05, 4.69) is 31.2 Å². The van der Waals surface area contributed by atoms with Crippen molar-refractivity contribution in [2.45, 2.75) is 25.4 Å². The van der Waals surface area contributed by atoms with E-state index in [9.17, 15) is 0 Å². The Morgan fingerprint density at radius 1 is 1.33 bits per heavy atom. The predicted octanol–water partition coefficient (Wildman–Crippen LogP) is 2.41. The van der Waals surface area contributed by atoms with Gasteiger partial charge in [0.05, 0.1) is 12.2 Å². The Balaban J connectivity index is 2.04. The average Bonchev–Trinajstić information content (AvgIpc) is 2.04. The summed E-state index contributed by atoms with van der Waals surface area (Å²) in [4.78, 5) is 0. The monoisotopic (exact) mass is 162 g/mol. The lowest BCUT2D eigenvalue weighted by atomic mass is 9.89. The van der Waals surface area contributed by atoms with Gasteiger partial charge in [0.25, 0.3) is 0 Å². The second kappa shape index (κ2) is 2.91. The smallest absolute Gasteiger partial charge is 0.0716 e. The maximum Gasteiger partial charge on any atom is 0.0716 e. The van der Waals surface area contributed by atoms with E-state index in [1.165, 1.54) is 12.0 Å². The molecular weight excluding hydrogens is 148 g/mol. The van der Waals surface area contributed by atoms with Crippen LogP contribution >= 0.6 is 0 Å². The van der Waals surface area contributed by atoms with Crippen LogP contribution in [-0.2, 0) is 11.2 Å². The first-order valence-electron chi connectivity index (χ1n) is 4.46. The minimum absolute atomic E-state index is 0.126. The third kappa shape index (κ3) is 1.51. The molecule has 1 aromatic carbocycles. The van der Waals surface area contributed by atoms with Gasteiger partial charge < -0.3 is 4.74 Å². The fraction of sp³-hybridized carbons (Fsp3) is 0.455. The molecule has 1 aliphatic rings. The zero-order chi connectivity index (χ0) is 8.44. The molecule has 1 aromatic rings. The van der Waals surface area contributed by atoms with Crippen LogP contribution in [0, 0.1) is 0 Å². The van der Waals surface area contributed by atoms with Gasteiger partial charge in [0, 0.05) is 6.42 Å². The van der Waals surface area contributed by atoms with E-state index in [1.807, 2.05) is 6.07 Å². The molecule has 1 heterocycles. The average molecular weight is 162 g/mol. The number of hydrogen-bond acceptors (Lipinski definition) is 1. The van der Waals surface area contributed by atoms with Crippen molar-refractivity contribution in [1.29, 1.82) is 0 Å². The van der Waals surface area contributed by atoms with Crippen LogP contribution in [0.3, 0.4) is 0 Å². The molecule has 0 aromatic heterocycles. The van der Waals surface area contributed by atoms with Gasteiger partial charge in [-0.2, -0.15) is 0 Å². The Bertz CT molecular complexity index is 249. The Morgan fingerprint density at radius 3 is 2.50 bits per heavy atom. The van der Waals surface area contributed by atoms with E-state index in [0.717, 1.165) is 13.0 Å². The minimum atomic E-state index is 0.126. The van der Waals surface area contributed by atoms with Gasteiger partial charge in [-0.25, -0.2) is 0 Å². The van der Waals surface area contributed by atoms with Crippen LogP contribution in [-0.4, -0.2) is 12.2 Å². The van der Waals surface area contributed by atoms with Crippen molar-refractivity contribution < 1.29 is 4.74 Å². The Kier molecular flexibility index (Phi) is 1.89. The summed E-state index contributed by atoms with van der Waals surface area (Å²) in [6.07, 6.45) is 2.25. The second-order valence-corrected chi connectivity index (χ2v) is 3.71. The highest BCUT2D eigenvalue weighted by Gasteiger charge is 2.32. The molecule has 1 unspecified atom stereocenters. The van der Waals surface area contributed by atoms with Gasteiger partial charge in [-0.05, 0) is 18.9 Å². The minimum Gasteiger partial charge on any atom is -0.375 e. The van der Waals surface area contributed by atoms with E-state index in [0.29, 0.717) is 0 Å². The Labute approximate surface area is 73.4 Å². The molecule has 0 bridgehead atoms. The molecule has 1 nitrogen and oxygen atoms in total. The van der Waals surface area contributed by atoms with Crippen LogP contribution in [0.1, 0.15) is 18.9 Å². The second-order valence-electron chi connectivity index (χ2n) is 3.71. The molecule has 1 aliphatic heterocycles. The zero-order valence-corrected chi connectivity index (χ0v) is 7.42. The highest BCUT2D eigenvalue weighted by atomic mass is 16.5. The van der Waals surface area contributed by atoms with Crippen molar-refractivity contribution in [2.24, 2.45) is 0 Å². The van der Waals surface area contributed by atoms with Crippen molar-refractivity contribution in [2.75, 3.05) is 6.61 Å². The highest BCUT2D eigenvalue weighted by Crippen LogP contribution is 2.29. The Morgan fingerprint density at radius 2 is 2.00 bits per heavy atom. The summed E-state index contributed by atoms with van der Waals surface area (Å²) < 4.78 is 5.52. The molecular formula is C11H14O. The number of benzene rings is 1. The van der Waals surface area contributed by atoms with E-state index in [-0.39, 0.29) is 5.60 Å². The van der Waals surface area contributed by atoms with Gasteiger partial charge in [0.15, 0.2) is 0 Å². The molecule has 1 fully saturated rings. The van der Waals surface area contributed by atoms with Crippen LogP contribution in [0.15, 0.2) is 30.3 Å². The highest BCUT2D eigenvalue weighted by molar-refractivity contribution is 5.17. The van der Waals surface area contributed by atoms with Gasteiger partial charge >= 0.3 is 0 Å². The molecule has 0 N–H and O–H groups in total. The molecule has 2 rings (SSSR count). The predicted molar refractivity (Wildman–Crippen MR) is 49.1 cm³/mol. The molecule has 0 radical (unpaired) electrons. The van der Waals surface area contributed by atoms with Crippen LogP contribution in [0.4, 0.5) is 0 Å². The first kappa shape index (κ1) is 7.81. The van der Waals surface area contributed by atoms with E-state index in [1.54, 1.807) is 0 Å². The molecule has 0 aliphatic carbocycles. The molecule has 0 amide bonds. The molecule has 64 valence electrons. The van der Waals surface area contributed by atoms with Crippen LogP contribution in [0.5, 0.6) is 0 Å². The van der Waals surface area contributed by atoms with Crippen molar-refractivity contribution >= 4 is 0 Å². The standard InChI is InChI=1S/C11H14O/c1-11(7-8-12-11)9-10-5-3-2-4-6-10/h2-6H,7-9H2,1H3. The lowest BCUT2D eigenvalue weighted by Gasteiger charge is -2.38. The molecule has 0 saturated carbocycles. The maximum atomic E-state index is 5.52. The SMILES string of the molecule is CC1(Cc2ccccc2)CCO1. The number of rotatable bonds is 2. The zero-order valence-electron chi connectivity index (χ0n) is 7.42. The van der Waals surface area contributed by atoms with Crippen molar-refractivity contribution in [1.82, 2.24) is 0 Å². The fourth-order valence-electron chi connectivity index (χ4n) is 1.62. The number of hydrogen-bond donors (Lipinski definition) is 0. The third-order valence-corrected chi connectivity index (χ3v) is 2.50. The molecule has 1 saturated heterocycles. The largest absolute Gasteiger partial charge is 0.375 e. The van der Waals surface area contributed by atoms with E-state index in [4.69, 9.17) is 4.74 Å². The van der Waals surface area contributed by atoms with Gasteiger partial charge in [0.1, 0.15) is 0 Å².